The average Bonchev–Trinajstić information content (AvgIpc) is 2.67. The number of carbonyl (C=O) groups is 2. The first-order chi connectivity index (χ1) is 13.4. The number of pyridine rings is 1. The molecular weight excluding hydrogens is 363 g/mol. The molecule has 0 spiro atoms. The molecule has 1 aromatic heterocycles. The molecule has 144 valence electrons. The Balaban J connectivity index is 1.87. The van der Waals surface area contributed by atoms with E-state index in [2.05, 4.69) is 10.3 Å². The van der Waals surface area contributed by atoms with E-state index in [1.165, 1.54) is 30.3 Å². The van der Waals surface area contributed by atoms with E-state index < -0.39 is 23.7 Å². The van der Waals surface area contributed by atoms with Crippen LogP contribution >= 0.6 is 0 Å². The van der Waals surface area contributed by atoms with Crippen molar-refractivity contribution in [2.75, 3.05) is 0 Å². The van der Waals surface area contributed by atoms with Crippen LogP contribution in [0.3, 0.4) is 0 Å². The van der Waals surface area contributed by atoms with Gasteiger partial charge in [-0.2, -0.15) is 0 Å². The highest BCUT2D eigenvalue weighted by Gasteiger charge is 2.23. The van der Waals surface area contributed by atoms with Crippen LogP contribution in [-0.2, 0) is 17.6 Å². The number of phenolic OH excluding ortho intramolecular Hbond substituents is 1. The lowest BCUT2D eigenvalue weighted by molar-refractivity contribution is -0.139. The summed E-state index contributed by atoms with van der Waals surface area (Å²) < 4.78 is 13.4. The highest BCUT2D eigenvalue weighted by Crippen LogP contribution is 2.19. The van der Waals surface area contributed by atoms with Crippen molar-refractivity contribution in [3.8, 4) is 5.75 Å². The fourth-order valence-corrected chi connectivity index (χ4v) is 2.95. The molecular formula is C21H19FN2O4. The summed E-state index contributed by atoms with van der Waals surface area (Å²) >= 11 is 0. The lowest BCUT2D eigenvalue weighted by Gasteiger charge is -2.16. The van der Waals surface area contributed by atoms with Crippen molar-refractivity contribution < 1.29 is 24.2 Å². The van der Waals surface area contributed by atoms with Crippen LogP contribution in [0.15, 0.2) is 48.5 Å². The van der Waals surface area contributed by atoms with Crippen LogP contribution in [0.5, 0.6) is 5.75 Å². The molecule has 3 N–H and O–H groups in total. The zero-order valence-corrected chi connectivity index (χ0v) is 15.1. The van der Waals surface area contributed by atoms with Crippen LogP contribution in [0.4, 0.5) is 4.39 Å². The van der Waals surface area contributed by atoms with Gasteiger partial charge >= 0.3 is 5.97 Å². The monoisotopic (exact) mass is 382 g/mol. The van der Waals surface area contributed by atoms with Crippen molar-refractivity contribution in [3.05, 3.63) is 71.2 Å². The van der Waals surface area contributed by atoms with Gasteiger partial charge in [-0.25, -0.2) is 9.18 Å². The fourth-order valence-electron chi connectivity index (χ4n) is 2.95. The number of carboxylic acids is 1. The zero-order valence-electron chi connectivity index (χ0n) is 15.1. The Morgan fingerprint density at radius 3 is 2.50 bits per heavy atom. The number of aryl methyl sites for hydroxylation is 1. The molecule has 1 heterocycles. The van der Waals surface area contributed by atoms with Gasteiger partial charge in [-0.15, -0.1) is 0 Å². The lowest BCUT2D eigenvalue weighted by Crippen LogP contribution is -2.42. The molecule has 0 fully saturated rings. The van der Waals surface area contributed by atoms with E-state index in [9.17, 15) is 24.2 Å². The number of phenols is 1. The van der Waals surface area contributed by atoms with Gasteiger partial charge in [0.05, 0.1) is 16.8 Å². The van der Waals surface area contributed by atoms with Crippen molar-refractivity contribution >= 4 is 22.8 Å². The second-order valence-electron chi connectivity index (χ2n) is 6.41. The van der Waals surface area contributed by atoms with Gasteiger partial charge in [0.1, 0.15) is 17.6 Å². The number of carboxylic acid groups (broad SMARTS) is 1. The molecule has 2 aromatic carbocycles. The van der Waals surface area contributed by atoms with Gasteiger partial charge < -0.3 is 15.5 Å². The number of aliphatic carboxylic acids is 1. The summed E-state index contributed by atoms with van der Waals surface area (Å²) in [4.78, 5) is 28.7. The van der Waals surface area contributed by atoms with Crippen LogP contribution < -0.4 is 5.32 Å². The van der Waals surface area contributed by atoms with E-state index in [1.54, 1.807) is 18.2 Å². The molecule has 3 rings (SSSR count). The maximum absolute atomic E-state index is 13.4. The van der Waals surface area contributed by atoms with Crippen molar-refractivity contribution in [1.82, 2.24) is 10.3 Å². The summed E-state index contributed by atoms with van der Waals surface area (Å²) in [5.74, 6) is -2.07. The topological polar surface area (TPSA) is 99.5 Å². The number of nitrogens with zero attached hydrogens (tertiary/aromatic N) is 1. The zero-order chi connectivity index (χ0) is 20.3. The molecule has 0 unspecified atom stereocenters. The molecule has 7 heteroatoms. The molecule has 0 aliphatic rings. The second kappa shape index (κ2) is 8.04. The molecule has 28 heavy (non-hydrogen) atoms. The van der Waals surface area contributed by atoms with Gasteiger partial charge in [0.25, 0.3) is 5.91 Å². The van der Waals surface area contributed by atoms with Gasteiger partial charge in [0.15, 0.2) is 0 Å². The van der Waals surface area contributed by atoms with E-state index in [1.807, 2.05) is 6.92 Å². The summed E-state index contributed by atoms with van der Waals surface area (Å²) in [6, 6.07) is 10.7. The number of benzene rings is 2. The van der Waals surface area contributed by atoms with E-state index >= 15 is 0 Å². The van der Waals surface area contributed by atoms with E-state index in [0.717, 1.165) is 0 Å². The summed E-state index contributed by atoms with van der Waals surface area (Å²) in [5, 5.41) is 22.0. The van der Waals surface area contributed by atoms with Crippen molar-refractivity contribution in [1.29, 1.82) is 0 Å². The van der Waals surface area contributed by atoms with E-state index in [-0.39, 0.29) is 17.7 Å². The summed E-state index contributed by atoms with van der Waals surface area (Å²) in [5.41, 5.74) is 1.82. The molecule has 0 aliphatic carbocycles. The van der Waals surface area contributed by atoms with E-state index in [0.29, 0.717) is 28.6 Å². The highest BCUT2D eigenvalue weighted by atomic mass is 19.1. The second-order valence-corrected chi connectivity index (χ2v) is 6.41. The van der Waals surface area contributed by atoms with Gasteiger partial charge in [0.2, 0.25) is 0 Å². The SMILES string of the molecule is CCc1nc2cc(F)ccc2cc1C(=O)N[C@@H](Cc1ccc(O)cc1)C(=O)O. The van der Waals surface area contributed by atoms with Gasteiger partial charge in [-0.1, -0.05) is 19.1 Å². The highest BCUT2D eigenvalue weighted by molar-refractivity contribution is 6.00. The van der Waals surface area contributed by atoms with Gasteiger partial charge in [-0.3, -0.25) is 9.78 Å². The van der Waals surface area contributed by atoms with Gasteiger partial charge in [-0.05, 0) is 42.3 Å². The number of halogens is 1. The Morgan fingerprint density at radius 1 is 1.14 bits per heavy atom. The molecule has 0 aliphatic heterocycles. The normalized spacial score (nSPS) is 11.9. The standard InChI is InChI=1S/C21H19FN2O4/c1-2-17-16(10-13-5-6-14(22)11-18(13)23-17)20(26)24-19(21(27)28)9-12-3-7-15(25)8-4-12/h3-8,10-11,19,25H,2,9H2,1H3,(H,24,26)(H,27,28)/t19-/m0/s1. The molecule has 0 bridgehead atoms. The number of aromatic nitrogens is 1. The Morgan fingerprint density at radius 2 is 1.86 bits per heavy atom. The summed E-state index contributed by atoms with van der Waals surface area (Å²) in [7, 11) is 0. The van der Waals surface area contributed by atoms with Crippen LogP contribution in [0.25, 0.3) is 10.9 Å². The fraction of sp³-hybridized carbons (Fsp3) is 0.190. The van der Waals surface area contributed by atoms with E-state index in [4.69, 9.17) is 0 Å². The number of nitrogens with one attached hydrogen (secondary N) is 1. The molecule has 6 nitrogen and oxygen atoms in total. The van der Waals surface area contributed by atoms with Crippen LogP contribution in [-0.4, -0.2) is 33.1 Å². The molecule has 0 saturated heterocycles. The first-order valence-corrected chi connectivity index (χ1v) is 8.78. The predicted octanol–water partition coefficient (Wildman–Crippen LogP) is 3.07. The number of rotatable bonds is 6. The molecule has 0 radical (unpaired) electrons. The molecule has 3 aromatic rings. The van der Waals surface area contributed by atoms with Crippen molar-refractivity contribution in [2.24, 2.45) is 0 Å². The third-order valence-corrected chi connectivity index (χ3v) is 4.42. The number of aromatic hydroxyl groups is 1. The number of hydrogen-bond donors (Lipinski definition) is 3. The third kappa shape index (κ3) is 4.25. The quantitative estimate of drug-likeness (QED) is 0.608. The van der Waals surface area contributed by atoms with Crippen LogP contribution in [0.2, 0.25) is 0 Å². The smallest absolute Gasteiger partial charge is 0.326 e. The van der Waals surface area contributed by atoms with Gasteiger partial charge in [0, 0.05) is 17.9 Å². The Kier molecular flexibility index (Phi) is 5.54. The minimum Gasteiger partial charge on any atom is -0.508 e. The maximum Gasteiger partial charge on any atom is 0.326 e. The Labute approximate surface area is 160 Å². The molecule has 0 saturated carbocycles. The number of fused-ring (bicyclic) bond motifs is 1. The summed E-state index contributed by atoms with van der Waals surface area (Å²) in [6.45, 7) is 1.81. The first kappa shape index (κ1) is 19.3. The van der Waals surface area contributed by atoms with Crippen molar-refractivity contribution in [2.45, 2.75) is 25.8 Å². The minimum absolute atomic E-state index is 0.0645. The Bertz CT molecular complexity index is 1030. The number of amides is 1. The minimum atomic E-state index is -1.17. The number of carbonyl (C=O) groups excluding carboxylic acids is 1. The number of hydrogen-bond acceptors (Lipinski definition) is 4. The maximum atomic E-state index is 13.4. The summed E-state index contributed by atoms with van der Waals surface area (Å²) in [6.07, 6.45) is 0.500. The first-order valence-electron chi connectivity index (χ1n) is 8.78. The predicted molar refractivity (Wildman–Crippen MR) is 102 cm³/mol. The Hall–Kier alpha value is -3.48. The average molecular weight is 382 g/mol. The molecule has 1 atom stereocenters. The third-order valence-electron chi connectivity index (χ3n) is 4.42. The lowest BCUT2D eigenvalue weighted by atomic mass is 10.0. The van der Waals surface area contributed by atoms with Crippen LogP contribution in [0.1, 0.15) is 28.5 Å². The van der Waals surface area contributed by atoms with Crippen molar-refractivity contribution in [3.63, 3.8) is 0 Å². The van der Waals surface area contributed by atoms with Crippen LogP contribution in [0, 0.1) is 5.82 Å². The largest absolute Gasteiger partial charge is 0.508 e. The molecule has 1 amide bonds.